The molecule has 116 valence electrons. The van der Waals surface area contributed by atoms with E-state index in [4.69, 9.17) is 4.74 Å². The van der Waals surface area contributed by atoms with Crippen LogP contribution in [-0.4, -0.2) is 50.3 Å². The summed E-state index contributed by atoms with van der Waals surface area (Å²) in [4.78, 5) is 2.69. The van der Waals surface area contributed by atoms with Gasteiger partial charge in [-0.05, 0) is 50.0 Å². The van der Waals surface area contributed by atoms with E-state index < -0.39 is 0 Å². The normalized spacial score (nSPS) is 34.5. The summed E-state index contributed by atoms with van der Waals surface area (Å²) < 4.78 is 5.68. The Balaban J connectivity index is 1.55. The summed E-state index contributed by atoms with van der Waals surface area (Å²) in [5, 5.41) is 3.81. The van der Waals surface area contributed by atoms with Crippen molar-refractivity contribution in [3.8, 4) is 0 Å². The second-order valence-electron chi connectivity index (χ2n) is 7.64. The van der Waals surface area contributed by atoms with Crippen molar-refractivity contribution in [1.29, 1.82) is 0 Å². The predicted molar refractivity (Wildman–Crippen MR) is 82.9 cm³/mol. The molecule has 0 aromatic carbocycles. The van der Waals surface area contributed by atoms with Crippen LogP contribution in [0.25, 0.3) is 0 Å². The molecule has 2 saturated carbocycles. The number of nitrogens with zero attached hydrogens (tertiary/aromatic N) is 1. The maximum Gasteiger partial charge on any atom is 0.0724 e. The molecule has 0 amide bonds. The van der Waals surface area contributed by atoms with E-state index in [-0.39, 0.29) is 0 Å². The topological polar surface area (TPSA) is 24.5 Å². The molecule has 2 aliphatic carbocycles. The van der Waals surface area contributed by atoms with Gasteiger partial charge in [-0.3, -0.25) is 0 Å². The maximum atomic E-state index is 5.68. The van der Waals surface area contributed by atoms with E-state index in [1.54, 1.807) is 0 Å². The highest BCUT2D eigenvalue weighted by Crippen LogP contribution is 2.39. The maximum absolute atomic E-state index is 5.68. The monoisotopic (exact) mass is 280 g/mol. The Hall–Kier alpha value is -0.120. The van der Waals surface area contributed by atoms with Gasteiger partial charge in [-0.2, -0.15) is 0 Å². The fourth-order valence-corrected chi connectivity index (χ4v) is 4.19. The summed E-state index contributed by atoms with van der Waals surface area (Å²) in [6.07, 6.45) is 10.3. The van der Waals surface area contributed by atoms with Crippen LogP contribution in [0.1, 0.15) is 51.9 Å². The molecule has 3 heteroatoms. The Morgan fingerprint density at radius 2 is 1.95 bits per heavy atom. The number of rotatable bonds is 6. The molecule has 0 aromatic rings. The molecule has 0 radical (unpaired) electrons. The molecule has 3 rings (SSSR count). The van der Waals surface area contributed by atoms with Crippen LogP contribution < -0.4 is 5.32 Å². The molecule has 3 nitrogen and oxygen atoms in total. The first kappa shape index (κ1) is 14.8. The van der Waals surface area contributed by atoms with Gasteiger partial charge in [-0.25, -0.2) is 0 Å². The molecule has 3 fully saturated rings. The second-order valence-corrected chi connectivity index (χ2v) is 7.64. The Kier molecular flexibility index (Phi) is 4.68. The molecule has 1 saturated heterocycles. The van der Waals surface area contributed by atoms with Crippen LogP contribution in [0.15, 0.2) is 0 Å². The smallest absolute Gasteiger partial charge is 0.0724 e. The average Bonchev–Trinajstić information content (AvgIpc) is 3.19. The van der Waals surface area contributed by atoms with E-state index in [0.717, 1.165) is 18.5 Å². The van der Waals surface area contributed by atoms with Gasteiger partial charge in [0.2, 0.25) is 0 Å². The standard InChI is InChI=1S/C17H32N2O/c1-14-7-10-19(11-16(14)20-2)13-17(8-3-4-9-17)12-18-15-5-6-15/h14-16,18H,3-13H2,1-2H3. The number of likely N-dealkylation sites (tertiary alicyclic amines) is 1. The van der Waals surface area contributed by atoms with Gasteiger partial charge in [-0.15, -0.1) is 0 Å². The molecule has 3 aliphatic rings. The first-order valence-corrected chi connectivity index (χ1v) is 8.69. The Morgan fingerprint density at radius 3 is 2.60 bits per heavy atom. The third kappa shape index (κ3) is 3.55. The fourth-order valence-electron chi connectivity index (χ4n) is 4.19. The van der Waals surface area contributed by atoms with Crippen molar-refractivity contribution < 1.29 is 4.74 Å². The second kappa shape index (κ2) is 6.33. The molecular weight excluding hydrogens is 248 g/mol. The minimum absolute atomic E-state index is 0.443. The number of hydrogen-bond donors (Lipinski definition) is 1. The number of methoxy groups -OCH3 is 1. The SMILES string of the molecule is COC1CN(CC2(CNC3CC3)CCCC2)CCC1C. The summed E-state index contributed by atoms with van der Waals surface area (Å²) in [6.45, 7) is 7.29. The van der Waals surface area contributed by atoms with Crippen molar-refractivity contribution in [2.24, 2.45) is 11.3 Å². The van der Waals surface area contributed by atoms with Gasteiger partial charge < -0.3 is 15.0 Å². The molecule has 0 bridgehead atoms. The molecule has 2 atom stereocenters. The van der Waals surface area contributed by atoms with E-state index in [1.807, 2.05) is 7.11 Å². The van der Waals surface area contributed by atoms with Crippen LogP contribution in [0.2, 0.25) is 0 Å². The van der Waals surface area contributed by atoms with Crippen LogP contribution in [0, 0.1) is 11.3 Å². The van der Waals surface area contributed by atoms with Gasteiger partial charge in [-0.1, -0.05) is 19.8 Å². The summed E-state index contributed by atoms with van der Waals surface area (Å²) in [5.41, 5.74) is 0.557. The highest BCUT2D eigenvalue weighted by molar-refractivity contribution is 4.94. The molecule has 1 heterocycles. The van der Waals surface area contributed by atoms with E-state index in [2.05, 4.69) is 17.1 Å². The van der Waals surface area contributed by atoms with E-state index >= 15 is 0 Å². The third-order valence-electron chi connectivity index (χ3n) is 5.84. The molecule has 1 aliphatic heterocycles. The lowest BCUT2D eigenvalue weighted by Crippen LogP contribution is -2.50. The molecule has 0 spiro atoms. The Bertz CT molecular complexity index is 310. The zero-order valence-electron chi connectivity index (χ0n) is 13.4. The van der Waals surface area contributed by atoms with E-state index in [0.29, 0.717) is 11.5 Å². The molecular formula is C17H32N2O. The highest BCUT2D eigenvalue weighted by atomic mass is 16.5. The Labute approximate surface area is 124 Å². The quantitative estimate of drug-likeness (QED) is 0.809. The van der Waals surface area contributed by atoms with Crippen molar-refractivity contribution in [2.45, 2.75) is 64.0 Å². The Morgan fingerprint density at radius 1 is 1.20 bits per heavy atom. The van der Waals surface area contributed by atoms with Crippen LogP contribution in [0.3, 0.4) is 0 Å². The minimum atomic E-state index is 0.443. The lowest BCUT2D eigenvalue weighted by atomic mass is 9.84. The zero-order chi connectivity index (χ0) is 14.0. The largest absolute Gasteiger partial charge is 0.380 e. The first-order valence-electron chi connectivity index (χ1n) is 8.69. The van der Waals surface area contributed by atoms with Crippen LogP contribution >= 0.6 is 0 Å². The fraction of sp³-hybridized carbons (Fsp3) is 1.00. The van der Waals surface area contributed by atoms with Crippen molar-refractivity contribution in [3.05, 3.63) is 0 Å². The minimum Gasteiger partial charge on any atom is -0.380 e. The summed E-state index contributed by atoms with van der Waals surface area (Å²) in [7, 11) is 1.88. The van der Waals surface area contributed by atoms with E-state index in [9.17, 15) is 0 Å². The van der Waals surface area contributed by atoms with Gasteiger partial charge in [0.15, 0.2) is 0 Å². The number of piperidine rings is 1. The van der Waals surface area contributed by atoms with Gasteiger partial charge in [0.25, 0.3) is 0 Å². The average molecular weight is 280 g/mol. The summed E-state index contributed by atoms with van der Waals surface area (Å²) in [5.74, 6) is 0.723. The summed E-state index contributed by atoms with van der Waals surface area (Å²) in [6, 6.07) is 0.848. The van der Waals surface area contributed by atoms with Crippen molar-refractivity contribution >= 4 is 0 Å². The van der Waals surface area contributed by atoms with Gasteiger partial charge in [0.05, 0.1) is 6.10 Å². The van der Waals surface area contributed by atoms with Crippen LogP contribution in [-0.2, 0) is 4.74 Å². The van der Waals surface area contributed by atoms with Crippen molar-refractivity contribution in [2.75, 3.05) is 33.3 Å². The molecule has 20 heavy (non-hydrogen) atoms. The van der Waals surface area contributed by atoms with Crippen molar-refractivity contribution in [1.82, 2.24) is 10.2 Å². The van der Waals surface area contributed by atoms with Crippen LogP contribution in [0.4, 0.5) is 0 Å². The lowest BCUT2D eigenvalue weighted by Gasteiger charge is -2.41. The van der Waals surface area contributed by atoms with Gasteiger partial charge >= 0.3 is 0 Å². The highest BCUT2D eigenvalue weighted by Gasteiger charge is 2.38. The third-order valence-corrected chi connectivity index (χ3v) is 5.84. The summed E-state index contributed by atoms with van der Waals surface area (Å²) >= 11 is 0. The molecule has 2 unspecified atom stereocenters. The zero-order valence-corrected chi connectivity index (χ0v) is 13.4. The molecule has 0 aromatic heterocycles. The number of ether oxygens (including phenoxy) is 1. The number of nitrogens with one attached hydrogen (secondary N) is 1. The lowest BCUT2D eigenvalue weighted by molar-refractivity contribution is -0.0177. The van der Waals surface area contributed by atoms with Crippen LogP contribution in [0.5, 0.6) is 0 Å². The number of hydrogen-bond acceptors (Lipinski definition) is 3. The first-order chi connectivity index (χ1) is 9.71. The molecule has 1 N–H and O–H groups in total. The van der Waals surface area contributed by atoms with Gasteiger partial charge in [0.1, 0.15) is 0 Å². The van der Waals surface area contributed by atoms with Crippen molar-refractivity contribution in [3.63, 3.8) is 0 Å². The van der Waals surface area contributed by atoms with Gasteiger partial charge in [0, 0.05) is 32.8 Å². The predicted octanol–water partition coefficient (Wildman–Crippen LogP) is 2.66. The van der Waals surface area contributed by atoms with E-state index in [1.165, 1.54) is 64.6 Å².